The van der Waals surface area contributed by atoms with Gasteiger partial charge in [-0.05, 0) is 30.3 Å². The van der Waals surface area contributed by atoms with Crippen LogP contribution in [0.15, 0.2) is 72.8 Å². The number of fused-ring (bicyclic) bond motifs is 3. The summed E-state index contributed by atoms with van der Waals surface area (Å²) in [6.45, 7) is 0. The summed E-state index contributed by atoms with van der Waals surface area (Å²) in [5, 5.41) is 11.5. The fraction of sp³-hybridized carbons (Fsp3) is 0. The van der Waals surface area contributed by atoms with Crippen molar-refractivity contribution in [3.8, 4) is 5.69 Å². The molecule has 3 nitrogen and oxygen atoms in total. The standard InChI is InChI=1S/C19H13NO2/c21-19(22)13-10-11-16-15-8-4-5-9-17(15)20(18(16)12-13)14-6-2-1-3-7-14/h1-12H,(H,21,22). The van der Waals surface area contributed by atoms with Crippen LogP contribution in [0, 0.1) is 0 Å². The first-order valence-electron chi connectivity index (χ1n) is 7.07. The molecule has 1 N–H and O–H groups in total. The van der Waals surface area contributed by atoms with Crippen LogP contribution in [-0.4, -0.2) is 15.6 Å². The van der Waals surface area contributed by atoms with Crippen LogP contribution in [0.4, 0.5) is 0 Å². The summed E-state index contributed by atoms with van der Waals surface area (Å²) in [5.74, 6) is -0.910. The number of carbonyl (C=O) groups is 1. The lowest BCUT2D eigenvalue weighted by atomic mass is 10.1. The first kappa shape index (κ1) is 12.7. The van der Waals surface area contributed by atoms with Gasteiger partial charge < -0.3 is 9.67 Å². The fourth-order valence-electron chi connectivity index (χ4n) is 2.96. The maximum Gasteiger partial charge on any atom is 0.335 e. The number of hydrogen-bond acceptors (Lipinski definition) is 1. The van der Waals surface area contributed by atoms with E-state index in [1.165, 1.54) is 0 Å². The summed E-state index contributed by atoms with van der Waals surface area (Å²) in [6, 6.07) is 23.4. The molecule has 0 aliphatic rings. The lowest BCUT2D eigenvalue weighted by molar-refractivity contribution is 0.0697. The molecule has 106 valence electrons. The van der Waals surface area contributed by atoms with Crippen LogP contribution in [0.3, 0.4) is 0 Å². The normalized spacial score (nSPS) is 11.1. The molecule has 0 fully saturated rings. The van der Waals surface area contributed by atoms with Crippen molar-refractivity contribution in [2.75, 3.05) is 0 Å². The average Bonchev–Trinajstić information content (AvgIpc) is 2.89. The van der Waals surface area contributed by atoms with Gasteiger partial charge in [-0.1, -0.05) is 42.5 Å². The van der Waals surface area contributed by atoms with E-state index in [0.29, 0.717) is 5.56 Å². The quantitative estimate of drug-likeness (QED) is 0.590. The lowest BCUT2D eigenvalue weighted by Crippen LogP contribution is -1.97. The van der Waals surface area contributed by atoms with Crippen molar-refractivity contribution in [1.82, 2.24) is 4.57 Å². The zero-order valence-corrected chi connectivity index (χ0v) is 11.7. The Morgan fingerprint density at radius 2 is 1.45 bits per heavy atom. The Hall–Kier alpha value is -3.07. The van der Waals surface area contributed by atoms with Gasteiger partial charge in [-0.3, -0.25) is 0 Å². The minimum atomic E-state index is -0.910. The van der Waals surface area contributed by atoms with Crippen molar-refractivity contribution in [2.45, 2.75) is 0 Å². The van der Waals surface area contributed by atoms with E-state index in [0.717, 1.165) is 27.5 Å². The Labute approximate surface area is 127 Å². The van der Waals surface area contributed by atoms with Crippen molar-refractivity contribution in [1.29, 1.82) is 0 Å². The highest BCUT2D eigenvalue weighted by Crippen LogP contribution is 2.32. The van der Waals surface area contributed by atoms with Gasteiger partial charge in [0.15, 0.2) is 0 Å². The van der Waals surface area contributed by atoms with E-state index < -0.39 is 5.97 Å². The Morgan fingerprint density at radius 3 is 2.23 bits per heavy atom. The number of benzene rings is 3. The lowest BCUT2D eigenvalue weighted by Gasteiger charge is -2.07. The van der Waals surface area contributed by atoms with E-state index in [1.807, 2.05) is 48.5 Å². The molecule has 0 amide bonds. The van der Waals surface area contributed by atoms with Crippen molar-refractivity contribution in [3.63, 3.8) is 0 Å². The molecule has 22 heavy (non-hydrogen) atoms. The van der Waals surface area contributed by atoms with Gasteiger partial charge in [0.05, 0.1) is 16.6 Å². The second kappa shape index (κ2) is 4.74. The van der Waals surface area contributed by atoms with Crippen LogP contribution in [0.5, 0.6) is 0 Å². The SMILES string of the molecule is O=C(O)c1ccc2c3ccccc3n(-c3ccccc3)c2c1. The summed E-state index contributed by atoms with van der Waals surface area (Å²) < 4.78 is 2.11. The Kier molecular flexibility index (Phi) is 2.73. The first-order valence-corrected chi connectivity index (χ1v) is 7.07. The van der Waals surface area contributed by atoms with Gasteiger partial charge in [-0.2, -0.15) is 0 Å². The van der Waals surface area contributed by atoms with E-state index >= 15 is 0 Å². The molecule has 0 bridgehead atoms. The fourth-order valence-corrected chi connectivity index (χ4v) is 2.96. The average molecular weight is 287 g/mol. The molecule has 0 saturated carbocycles. The van der Waals surface area contributed by atoms with Crippen LogP contribution in [0.25, 0.3) is 27.5 Å². The van der Waals surface area contributed by atoms with Gasteiger partial charge in [-0.25, -0.2) is 4.79 Å². The highest BCUT2D eigenvalue weighted by atomic mass is 16.4. The van der Waals surface area contributed by atoms with Crippen molar-refractivity contribution < 1.29 is 9.90 Å². The molecule has 1 heterocycles. The number of aromatic nitrogens is 1. The molecule has 0 aliphatic carbocycles. The van der Waals surface area contributed by atoms with Crippen molar-refractivity contribution in [3.05, 3.63) is 78.4 Å². The van der Waals surface area contributed by atoms with Gasteiger partial charge in [-0.15, -0.1) is 0 Å². The third-order valence-corrected chi connectivity index (χ3v) is 3.94. The summed E-state index contributed by atoms with van der Waals surface area (Å²) in [7, 11) is 0. The number of carboxylic acid groups (broad SMARTS) is 1. The van der Waals surface area contributed by atoms with Crippen molar-refractivity contribution >= 4 is 27.8 Å². The molecule has 0 atom stereocenters. The smallest absolute Gasteiger partial charge is 0.335 e. The topological polar surface area (TPSA) is 42.2 Å². The van der Waals surface area contributed by atoms with E-state index in [1.54, 1.807) is 12.1 Å². The second-order valence-electron chi connectivity index (χ2n) is 5.23. The third kappa shape index (κ3) is 1.79. The maximum absolute atomic E-state index is 11.3. The number of rotatable bonds is 2. The molecule has 0 unspecified atom stereocenters. The Balaban J connectivity index is 2.19. The van der Waals surface area contributed by atoms with Crippen LogP contribution in [-0.2, 0) is 0 Å². The first-order chi connectivity index (χ1) is 10.8. The zero-order chi connectivity index (χ0) is 15.1. The number of aromatic carboxylic acids is 1. The number of hydrogen-bond donors (Lipinski definition) is 1. The summed E-state index contributed by atoms with van der Waals surface area (Å²) in [6.07, 6.45) is 0. The molecule has 0 aliphatic heterocycles. The van der Waals surface area contributed by atoms with E-state index in [4.69, 9.17) is 0 Å². The molecule has 3 heteroatoms. The van der Waals surface area contributed by atoms with Crippen molar-refractivity contribution in [2.24, 2.45) is 0 Å². The molecule has 0 saturated heterocycles. The van der Waals surface area contributed by atoms with E-state index in [2.05, 4.69) is 16.7 Å². The minimum Gasteiger partial charge on any atom is -0.478 e. The molecule has 4 rings (SSSR count). The molecular weight excluding hydrogens is 274 g/mol. The van der Waals surface area contributed by atoms with Gasteiger partial charge in [0.2, 0.25) is 0 Å². The summed E-state index contributed by atoms with van der Waals surface area (Å²) in [5.41, 5.74) is 3.31. The molecule has 4 aromatic rings. The van der Waals surface area contributed by atoms with Gasteiger partial charge >= 0.3 is 5.97 Å². The summed E-state index contributed by atoms with van der Waals surface area (Å²) >= 11 is 0. The minimum absolute atomic E-state index is 0.299. The Bertz CT molecular complexity index is 1000. The predicted molar refractivity (Wildman–Crippen MR) is 87.7 cm³/mol. The van der Waals surface area contributed by atoms with Crippen LogP contribution in [0.2, 0.25) is 0 Å². The van der Waals surface area contributed by atoms with E-state index in [9.17, 15) is 9.90 Å². The second-order valence-corrected chi connectivity index (χ2v) is 5.23. The molecular formula is C19H13NO2. The zero-order valence-electron chi connectivity index (χ0n) is 11.7. The molecule has 0 radical (unpaired) electrons. The summed E-state index contributed by atoms with van der Waals surface area (Å²) in [4.78, 5) is 11.3. The molecule has 3 aromatic carbocycles. The molecule has 1 aromatic heterocycles. The number of carboxylic acids is 1. The van der Waals surface area contributed by atoms with E-state index in [-0.39, 0.29) is 0 Å². The third-order valence-electron chi connectivity index (χ3n) is 3.94. The van der Waals surface area contributed by atoms with Gasteiger partial charge in [0, 0.05) is 16.5 Å². The Morgan fingerprint density at radius 1 is 0.773 bits per heavy atom. The predicted octanol–water partition coefficient (Wildman–Crippen LogP) is 4.48. The largest absolute Gasteiger partial charge is 0.478 e. The van der Waals surface area contributed by atoms with Crippen LogP contribution < -0.4 is 0 Å². The van der Waals surface area contributed by atoms with Gasteiger partial charge in [0.25, 0.3) is 0 Å². The highest BCUT2D eigenvalue weighted by molar-refractivity contribution is 6.10. The maximum atomic E-state index is 11.3. The number of para-hydroxylation sites is 2. The molecule has 0 spiro atoms. The monoisotopic (exact) mass is 287 g/mol. The van der Waals surface area contributed by atoms with Crippen LogP contribution >= 0.6 is 0 Å². The van der Waals surface area contributed by atoms with Crippen LogP contribution in [0.1, 0.15) is 10.4 Å². The van der Waals surface area contributed by atoms with Gasteiger partial charge in [0.1, 0.15) is 0 Å². The number of nitrogens with zero attached hydrogens (tertiary/aromatic N) is 1. The highest BCUT2D eigenvalue weighted by Gasteiger charge is 2.13.